The molecule has 0 bridgehead atoms. The van der Waals surface area contributed by atoms with E-state index in [1.165, 1.54) is 5.56 Å². The van der Waals surface area contributed by atoms with Crippen molar-refractivity contribution >= 4 is 0 Å². The zero-order valence-corrected chi connectivity index (χ0v) is 12.1. The van der Waals surface area contributed by atoms with Crippen molar-refractivity contribution in [2.45, 2.75) is 26.8 Å². The summed E-state index contributed by atoms with van der Waals surface area (Å²) in [5.41, 5.74) is 2.42. The lowest BCUT2D eigenvalue weighted by atomic mass is 10.2. The third kappa shape index (κ3) is 7.65. The minimum Gasteiger partial charge on any atom is -0.491 e. The number of benzene rings is 1. The monoisotopic (exact) mass is 263 g/mol. The van der Waals surface area contributed by atoms with Crippen molar-refractivity contribution in [1.82, 2.24) is 5.32 Å². The van der Waals surface area contributed by atoms with E-state index in [-0.39, 0.29) is 0 Å². The molecule has 3 heteroatoms. The Labute approximate surface area is 116 Å². The molecule has 0 amide bonds. The van der Waals surface area contributed by atoms with Gasteiger partial charge in [0.05, 0.1) is 13.2 Å². The minimum atomic E-state index is 0.586. The molecule has 0 spiro atoms. The van der Waals surface area contributed by atoms with Crippen LogP contribution in [-0.2, 0) is 11.3 Å². The van der Waals surface area contributed by atoms with Crippen molar-refractivity contribution < 1.29 is 9.47 Å². The first-order valence-electron chi connectivity index (χ1n) is 6.87. The minimum absolute atomic E-state index is 0.586. The lowest BCUT2D eigenvalue weighted by Gasteiger charge is -2.08. The zero-order valence-electron chi connectivity index (χ0n) is 12.1. The maximum absolute atomic E-state index is 5.60. The van der Waals surface area contributed by atoms with Gasteiger partial charge in [-0.05, 0) is 37.6 Å². The van der Waals surface area contributed by atoms with Gasteiger partial charge >= 0.3 is 0 Å². The first-order valence-corrected chi connectivity index (χ1v) is 6.87. The van der Waals surface area contributed by atoms with Gasteiger partial charge in [-0.25, -0.2) is 0 Å². The summed E-state index contributed by atoms with van der Waals surface area (Å²) in [7, 11) is 0. The van der Waals surface area contributed by atoms with E-state index in [2.05, 4.69) is 31.0 Å². The highest BCUT2D eigenvalue weighted by atomic mass is 16.5. The van der Waals surface area contributed by atoms with Gasteiger partial charge in [0.1, 0.15) is 12.4 Å². The van der Waals surface area contributed by atoms with Gasteiger partial charge in [0, 0.05) is 6.54 Å². The standard InChI is InChI=1S/C16H25NO2/c1-4-17-13-15-5-7-16(8-6-15)19-12-11-18-10-9-14(2)3/h5-8,17H,2,4,9-13H2,1,3H3. The molecule has 19 heavy (non-hydrogen) atoms. The Morgan fingerprint density at radius 1 is 1.16 bits per heavy atom. The molecule has 1 aromatic carbocycles. The zero-order chi connectivity index (χ0) is 13.9. The third-order valence-corrected chi connectivity index (χ3v) is 2.67. The maximum atomic E-state index is 5.60. The molecule has 1 aromatic rings. The van der Waals surface area contributed by atoms with Gasteiger partial charge < -0.3 is 14.8 Å². The van der Waals surface area contributed by atoms with Crippen LogP contribution in [0.4, 0.5) is 0 Å². The Balaban J connectivity index is 2.14. The van der Waals surface area contributed by atoms with E-state index in [9.17, 15) is 0 Å². The van der Waals surface area contributed by atoms with E-state index in [4.69, 9.17) is 9.47 Å². The van der Waals surface area contributed by atoms with Crippen LogP contribution in [0, 0.1) is 0 Å². The molecule has 106 valence electrons. The quantitative estimate of drug-likeness (QED) is 0.519. The number of hydrogen-bond donors (Lipinski definition) is 1. The normalized spacial score (nSPS) is 10.4. The van der Waals surface area contributed by atoms with Crippen LogP contribution in [-0.4, -0.2) is 26.4 Å². The molecule has 0 fully saturated rings. The van der Waals surface area contributed by atoms with E-state index in [1.54, 1.807) is 0 Å². The highest BCUT2D eigenvalue weighted by Crippen LogP contribution is 2.11. The van der Waals surface area contributed by atoms with Crippen LogP contribution in [0.5, 0.6) is 5.75 Å². The fraction of sp³-hybridized carbons (Fsp3) is 0.500. The second-order valence-corrected chi connectivity index (χ2v) is 4.59. The van der Waals surface area contributed by atoms with Crippen LogP contribution in [0.25, 0.3) is 0 Å². The van der Waals surface area contributed by atoms with Crippen molar-refractivity contribution in [3.05, 3.63) is 42.0 Å². The summed E-state index contributed by atoms with van der Waals surface area (Å²) in [6.07, 6.45) is 0.916. The van der Waals surface area contributed by atoms with E-state index >= 15 is 0 Å². The lowest BCUT2D eigenvalue weighted by Crippen LogP contribution is -2.11. The van der Waals surface area contributed by atoms with Crippen molar-refractivity contribution in [2.75, 3.05) is 26.4 Å². The Morgan fingerprint density at radius 2 is 1.89 bits per heavy atom. The molecule has 0 saturated heterocycles. The van der Waals surface area contributed by atoms with Crippen molar-refractivity contribution in [3.8, 4) is 5.75 Å². The van der Waals surface area contributed by atoms with E-state index in [0.717, 1.165) is 37.4 Å². The van der Waals surface area contributed by atoms with Crippen molar-refractivity contribution in [2.24, 2.45) is 0 Å². The average molecular weight is 263 g/mol. The molecular formula is C16H25NO2. The largest absolute Gasteiger partial charge is 0.491 e. The molecule has 0 aromatic heterocycles. The van der Waals surface area contributed by atoms with Crippen molar-refractivity contribution in [3.63, 3.8) is 0 Å². The first-order chi connectivity index (χ1) is 9.22. The molecule has 1 rings (SSSR count). The topological polar surface area (TPSA) is 30.5 Å². The number of nitrogens with one attached hydrogen (secondary N) is 1. The molecule has 0 aliphatic rings. The summed E-state index contributed by atoms with van der Waals surface area (Å²) < 4.78 is 11.1. The number of ether oxygens (including phenoxy) is 2. The summed E-state index contributed by atoms with van der Waals surface area (Å²) in [6.45, 7) is 11.8. The van der Waals surface area contributed by atoms with E-state index < -0.39 is 0 Å². The molecule has 1 N–H and O–H groups in total. The van der Waals surface area contributed by atoms with Gasteiger partial charge in [-0.2, -0.15) is 0 Å². The number of hydrogen-bond acceptors (Lipinski definition) is 3. The van der Waals surface area contributed by atoms with E-state index in [1.807, 2.05) is 19.1 Å². The summed E-state index contributed by atoms with van der Waals surface area (Å²) in [4.78, 5) is 0. The van der Waals surface area contributed by atoms with E-state index in [0.29, 0.717) is 13.2 Å². The lowest BCUT2D eigenvalue weighted by molar-refractivity contribution is 0.102. The molecule has 0 radical (unpaired) electrons. The Hall–Kier alpha value is -1.32. The third-order valence-electron chi connectivity index (χ3n) is 2.67. The Kier molecular flexibility index (Phi) is 7.94. The van der Waals surface area contributed by atoms with Gasteiger partial charge in [0.2, 0.25) is 0 Å². The highest BCUT2D eigenvalue weighted by molar-refractivity contribution is 5.27. The first kappa shape index (κ1) is 15.7. The summed E-state index contributed by atoms with van der Waals surface area (Å²) in [6, 6.07) is 8.17. The van der Waals surface area contributed by atoms with Gasteiger partial charge in [-0.3, -0.25) is 0 Å². The fourth-order valence-electron chi connectivity index (χ4n) is 1.54. The van der Waals surface area contributed by atoms with Crippen LogP contribution < -0.4 is 10.1 Å². The molecule has 0 atom stereocenters. The van der Waals surface area contributed by atoms with Crippen LogP contribution in [0.2, 0.25) is 0 Å². The summed E-state index contributed by atoms with van der Waals surface area (Å²) >= 11 is 0. The second-order valence-electron chi connectivity index (χ2n) is 4.59. The molecule has 0 unspecified atom stereocenters. The van der Waals surface area contributed by atoms with Crippen molar-refractivity contribution in [1.29, 1.82) is 0 Å². The van der Waals surface area contributed by atoms with Crippen LogP contribution in [0.1, 0.15) is 25.8 Å². The summed E-state index contributed by atoms with van der Waals surface area (Å²) in [5, 5.41) is 3.29. The summed E-state index contributed by atoms with van der Waals surface area (Å²) in [5.74, 6) is 0.892. The van der Waals surface area contributed by atoms with Crippen LogP contribution in [0.3, 0.4) is 0 Å². The number of rotatable bonds is 10. The molecule has 3 nitrogen and oxygen atoms in total. The SMILES string of the molecule is C=C(C)CCOCCOc1ccc(CNCC)cc1. The predicted molar refractivity (Wildman–Crippen MR) is 79.6 cm³/mol. The van der Waals surface area contributed by atoms with Gasteiger partial charge in [0.25, 0.3) is 0 Å². The average Bonchev–Trinajstić information content (AvgIpc) is 2.41. The smallest absolute Gasteiger partial charge is 0.119 e. The highest BCUT2D eigenvalue weighted by Gasteiger charge is 1.96. The van der Waals surface area contributed by atoms with Crippen LogP contribution in [0.15, 0.2) is 36.4 Å². The maximum Gasteiger partial charge on any atom is 0.119 e. The van der Waals surface area contributed by atoms with Gasteiger partial charge in [0.15, 0.2) is 0 Å². The Morgan fingerprint density at radius 3 is 2.53 bits per heavy atom. The second kappa shape index (κ2) is 9.59. The predicted octanol–water partition coefficient (Wildman–Crippen LogP) is 3.16. The molecule has 0 aliphatic heterocycles. The fourth-order valence-corrected chi connectivity index (χ4v) is 1.54. The molecule has 0 saturated carbocycles. The van der Waals surface area contributed by atoms with Crippen LogP contribution >= 0.6 is 0 Å². The molecular weight excluding hydrogens is 238 g/mol. The Bertz CT molecular complexity index is 360. The van der Waals surface area contributed by atoms with Gasteiger partial charge in [-0.15, -0.1) is 6.58 Å². The molecule has 0 heterocycles. The van der Waals surface area contributed by atoms with Gasteiger partial charge in [-0.1, -0.05) is 24.6 Å². The molecule has 0 aliphatic carbocycles.